The molecule has 0 aliphatic carbocycles. The van der Waals surface area contributed by atoms with Gasteiger partial charge in [-0.15, -0.1) is 0 Å². The smallest absolute Gasteiger partial charge is 0.125 e. The van der Waals surface area contributed by atoms with Crippen LogP contribution in [0.25, 0.3) is 0 Å². The molecule has 1 aromatic carbocycles. The molecule has 0 aromatic heterocycles. The van der Waals surface area contributed by atoms with E-state index in [1.165, 1.54) is 32.0 Å². The van der Waals surface area contributed by atoms with Gasteiger partial charge in [0.15, 0.2) is 0 Å². The molecule has 1 fully saturated rings. The molecule has 1 atom stereocenters. The Labute approximate surface area is 103 Å². The van der Waals surface area contributed by atoms with Crippen LogP contribution in [0.2, 0.25) is 0 Å². The van der Waals surface area contributed by atoms with Gasteiger partial charge in [-0.05, 0) is 64.0 Å². The van der Waals surface area contributed by atoms with Gasteiger partial charge < -0.3 is 10.2 Å². The summed E-state index contributed by atoms with van der Waals surface area (Å²) in [4.78, 5) is 2.37. The monoisotopic (exact) mass is 236 g/mol. The lowest BCUT2D eigenvalue weighted by Gasteiger charge is -2.33. The van der Waals surface area contributed by atoms with E-state index in [2.05, 4.69) is 24.2 Å². The number of hydrogen-bond donors (Lipinski definition) is 1. The molecule has 0 amide bonds. The summed E-state index contributed by atoms with van der Waals surface area (Å²) >= 11 is 0. The third-order valence-corrected chi connectivity index (χ3v) is 3.69. The molecule has 1 unspecified atom stereocenters. The quantitative estimate of drug-likeness (QED) is 0.868. The standard InChI is InChI=1S/C14H21FN2/c1-11(12-6-8-17(2)9-7-12)16-14-5-3-4-13(15)10-14/h3-5,10-12,16H,6-9H2,1-2H3. The molecule has 1 N–H and O–H groups in total. The van der Waals surface area contributed by atoms with Gasteiger partial charge in [-0.3, -0.25) is 0 Å². The number of hydrogen-bond acceptors (Lipinski definition) is 2. The third kappa shape index (κ3) is 3.43. The van der Waals surface area contributed by atoms with Crippen LogP contribution >= 0.6 is 0 Å². The largest absolute Gasteiger partial charge is 0.382 e. The van der Waals surface area contributed by atoms with E-state index in [0.29, 0.717) is 12.0 Å². The van der Waals surface area contributed by atoms with Crippen molar-refractivity contribution in [1.29, 1.82) is 0 Å². The molecule has 0 bridgehead atoms. The van der Waals surface area contributed by atoms with Crippen LogP contribution in [-0.4, -0.2) is 31.1 Å². The SMILES string of the molecule is CC(Nc1cccc(F)c1)C1CCN(C)CC1. The van der Waals surface area contributed by atoms with Gasteiger partial charge in [0.1, 0.15) is 5.82 Å². The van der Waals surface area contributed by atoms with Gasteiger partial charge in [0, 0.05) is 11.7 Å². The predicted octanol–water partition coefficient (Wildman–Crippen LogP) is 2.97. The predicted molar refractivity (Wildman–Crippen MR) is 69.7 cm³/mol. The summed E-state index contributed by atoms with van der Waals surface area (Å²) in [5, 5.41) is 3.41. The number of benzene rings is 1. The highest BCUT2D eigenvalue weighted by atomic mass is 19.1. The first-order chi connectivity index (χ1) is 8.15. The molecule has 17 heavy (non-hydrogen) atoms. The average Bonchev–Trinajstić information content (AvgIpc) is 2.29. The molecule has 0 saturated carbocycles. The van der Waals surface area contributed by atoms with Crippen molar-refractivity contribution in [3.05, 3.63) is 30.1 Å². The number of nitrogens with zero attached hydrogens (tertiary/aromatic N) is 1. The highest BCUT2D eigenvalue weighted by Gasteiger charge is 2.21. The van der Waals surface area contributed by atoms with Crippen molar-refractivity contribution in [3.63, 3.8) is 0 Å². The molecule has 1 aliphatic rings. The first-order valence-corrected chi connectivity index (χ1v) is 6.36. The fourth-order valence-corrected chi connectivity index (χ4v) is 2.49. The molecule has 2 rings (SSSR count). The Balaban J connectivity index is 1.90. The minimum absolute atomic E-state index is 0.175. The van der Waals surface area contributed by atoms with Crippen molar-refractivity contribution in [1.82, 2.24) is 4.90 Å². The fraction of sp³-hybridized carbons (Fsp3) is 0.571. The lowest BCUT2D eigenvalue weighted by molar-refractivity contribution is 0.208. The topological polar surface area (TPSA) is 15.3 Å². The van der Waals surface area contributed by atoms with E-state index in [-0.39, 0.29) is 5.82 Å². The van der Waals surface area contributed by atoms with Crippen LogP contribution in [0.3, 0.4) is 0 Å². The van der Waals surface area contributed by atoms with Gasteiger partial charge in [-0.2, -0.15) is 0 Å². The summed E-state index contributed by atoms with van der Waals surface area (Å²) < 4.78 is 13.1. The van der Waals surface area contributed by atoms with Crippen LogP contribution in [0.5, 0.6) is 0 Å². The Kier molecular flexibility index (Phi) is 4.00. The van der Waals surface area contributed by atoms with Crippen LogP contribution in [-0.2, 0) is 0 Å². The second kappa shape index (κ2) is 5.50. The molecule has 3 heteroatoms. The first kappa shape index (κ1) is 12.4. The van der Waals surface area contributed by atoms with E-state index >= 15 is 0 Å². The fourth-order valence-electron chi connectivity index (χ4n) is 2.49. The molecule has 1 aliphatic heterocycles. The molecule has 0 radical (unpaired) electrons. The number of halogens is 1. The molecular weight excluding hydrogens is 215 g/mol. The highest BCUT2D eigenvalue weighted by molar-refractivity contribution is 5.43. The molecule has 2 nitrogen and oxygen atoms in total. The summed E-state index contributed by atoms with van der Waals surface area (Å²) in [5.41, 5.74) is 0.886. The van der Waals surface area contributed by atoms with Crippen LogP contribution in [0, 0.1) is 11.7 Å². The summed E-state index contributed by atoms with van der Waals surface area (Å²) in [5.74, 6) is 0.514. The Morgan fingerprint density at radius 1 is 1.35 bits per heavy atom. The van der Waals surface area contributed by atoms with Gasteiger partial charge in [0.2, 0.25) is 0 Å². The summed E-state index contributed by atoms with van der Waals surface area (Å²) in [6.07, 6.45) is 2.44. The van der Waals surface area contributed by atoms with Gasteiger partial charge in [0.25, 0.3) is 0 Å². The van der Waals surface area contributed by atoms with Gasteiger partial charge in [-0.25, -0.2) is 4.39 Å². The lowest BCUT2D eigenvalue weighted by atomic mass is 9.90. The molecule has 94 valence electrons. The number of rotatable bonds is 3. The maximum atomic E-state index is 13.1. The Bertz CT molecular complexity index is 359. The van der Waals surface area contributed by atoms with E-state index in [1.807, 2.05) is 6.07 Å². The second-order valence-electron chi connectivity index (χ2n) is 5.08. The molecule has 1 saturated heterocycles. The van der Waals surface area contributed by atoms with E-state index in [0.717, 1.165) is 5.69 Å². The first-order valence-electron chi connectivity index (χ1n) is 6.36. The highest BCUT2D eigenvalue weighted by Crippen LogP contribution is 2.22. The lowest BCUT2D eigenvalue weighted by Crippen LogP contribution is -2.37. The minimum atomic E-state index is -0.175. The van der Waals surface area contributed by atoms with Crippen molar-refractivity contribution in [2.24, 2.45) is 5.92 Å². The van der Waals surface area contributed by atoms with Crippen LogP contribution in [0.4, 0.5) is 10.1 Å². The van der Waals surface area contributed by atoms with E-state index in [9.17, 15) is 4.39 Å². The maximum Gasteiger partial charge on any atom is 0.125 e. The number of nitrogens with one attached hydrogen (secondary N) is 1. The van der Waals surface area contributed by atoms with E-state index in [1.54, 1.807) is 12.1 Å². The maximum absolute atomic E-state index is 13.1. The van der Waals surface area contributed by atoms with Crippen molar-refractivity contribution in [2.75, 3.05) is 25.5 Å². The van der Waals surface area contributed by atoms with E-state index in [4.69, 9.17) is 0 Å². The summed E-state index contributed by atoms with van der Waals surface area (Å²) in [7, 11) is 2.17. The zero-order chi connectivity index (χ0) is 12.3. The Morgan fingerprint density at radius 3 is 2.71 bits per heavy atom. The van der Waals surface area contributed by atoms with E-state index < -0.39 is 0 Å². The van der Waals surface area contributed by atoms with Gasteiger partial charge in [0.05, 0.1) is 0 Å². The molecular formula is C14H21FN2. The summed E-state index contributed by atoms with van der Waals surface area (Å²) in [6.45, 7) is 4.53. The Morgan fingerprint density at radius 2 is 2.06 bits per heavy atom. The summed E-state index contributed by atoms with van der Waals surface area (Å²) in [6, 6.07) is 7.12. The van der Waals surface area contributed by atoms with Crippen LogP contribution < -0.4 is 5.32 Å². The Hall–Kier alpha value is -1.09. The molecule has 1 heterocycles. The number of anilines is 1. The second-order valence-corrected chi connectivity index (χ2v) is 5.08. The minimum Gasteiger partial charge on any atom is -0.382 e. The third-order valence-electron chi connectivity index (χ3n) is 3.69. The van der Waals surface area contributed by atoms with Crippen LogP contribution in [0.15, 0.2) is 24.3 Å². The van der Waals surface area contributed by atoms with Gasteiger partial charge >= 0.3 is 0 Å². The zero-order valence-corrected chi connectivity index (χ0v) is 10.6. The van der Waals surface area contributed by atoms with Crippen molar-refractivity contribution >= 4 is 5.69 Å². The zero-order valence-electron chi connectivity index (χ0n) is 10.6. The van der Waals surface area contributed by atoms with Crippen molar-refractivity contribution in [3.8, 4) is 0 Å². The van der Waals surface area contributed by atoms with Gasteiger partial charge in [-0.1, -0.05) is 6.07 Å². The van der Waals surface area contributed by atoms with Crippen molar-refractivity contribution < 1.29 is 4.39 Å². The van der Waals surface area contributed by atoms with Crippen molar-refractivity contribution in [2.45, 2.75) is 25.8 Å². The number of piperidine rings is 1. The molecule has 0 spiro atoms. The van der Waals surface area contributed by atoms with Crippen LogP contribution in [0.1, 0.15) is 19.8 Å². The number of likely N-dealkylation sites (tertiary alicyclic amines) is 1. The average molecular weight is 236 g/mol. The normalized spacial score (nSPS) is 20.2. The molecule has 1 aromatic rings.